The third kappa shape index (κ3) is 3.13. The number of hydrogen-bond acceptors (Lipinski definition) is 3. The van der Waals surface area contributed by atoms with Crippen molar-refractivity contribution < 1.29 is 9.59 Å². The largest absolute Gasteiger partial charge is 0.371 e. The van der Waals surface area contributed by atoms with Gasteiger partial charge in [-0.1, -0.05) is 6.92 Å². The number of carbonyl (C=O) groups is 2. The fourth-order valence-electron chi connectivity index (χ4n) is 2.48. The Bertz CT molecular complexity index is 460. The molecule has 1 saturated heterocycles. The monoisotopic (exact) mass is 260 g/mol. The molecule has 4 heteroatoms. The lowest BCUT2D eigenvalue weighted by atomic mass is 9.96. The first-order valence-corrected chi connectivity index (χ1v) is 6.79. The molecule has 1 aromatic rings. The molecule has 0 bridgehead atoms. The Morgan fingerprint density at radius 2 is 1.79 bits per heavy atom. The minimum Gasteiger partial charge on any atom is -0.371 e. The van der Waals surface area contributed by atoms with E-state index in [9.17, 15) is 9.59 Å². The van der Waals surface area contributed by atoms with Crippen LogP contribution in [-0.4, -0.2) is 24.8 Å². The Labute approximate surface area is 113 Å². The molecule has 0 aromatic heterocycles. The van der Waals surface area contributed by atoms with Crippen LogP contribution in [0.25, 0.3) is 0 Å². The first kappa shape index (κ1) is 13.6. The fourth-order valence-corrected chi connectivity index (χ4v) is 2.48. The van der Waals surface area contributed by atoms with E-state index in [2.05, 4.69) is 4.90 Å². The van der Waals surface area contributed by atoms with Gasteiger partial charge in [0.25, 0.3) is 0 Å². The predicted octanol–water partition coefficient (Wildman–Crippen LogP) is 1.98. The Hall–Kier alpha value is -1.84. The SMILES string of the molecule is CCC(=O)c1ccc(N2CCC(C(N)=O)CC2)cc1. The third-order valence-electron chi connectivity index (χ3n) is 3.77. The predicted molar refractivity (Wildman–Crippen MR) is 75.2 cm³/mol. The van der Waals surface area contributed by atoms with Gasteiger partial charge in [-0.25, -0.2) is 0 Å². The van der Waals surface area contributed by atoms with Gasteiger partial charge in [0.05, 0.1) is 0 Å². The van der Waals surface area contributed by atoms with E-state index in [1.165, 1.54) is 0 Å². The van der Waals surface area contributed by atoms with Gasteiger partial charge in [0.1, 0.15) is 0 Å². The number of anilines is 1. The molecule has 1 aliphatic rings. The molecule has 1 fully saturated rings. The van der Waals surface area contributed by atoms with Crippen molar-refractivity contribution in [2.75, 3.05) is 18.0 Å². The number of hydrogen-bond donors (Lipinski definition) is 1. The van der Waals surface area contributed by atoms with E-state index in [1.807, 2.05) is 31.2 Å². The van der Waals surface area contributed by atoms with Crippen LogP contribution >= 0.6 is 0 Å². The number of benzene rings is 1. The quantitative estimate of drug-likeness (QED) is 0.842. The number of carbonyl (C=O) groups excluding carboxylic acids is 2. The minimum atomic E-state index is -0.191. The zero-order chi connectivity index (χ0) is 13.8. The van der Waals surface area contributed by atoms with Crippen molar-refractivity contribution in [3.63, 3.8) is 0 Å². The van der Waals surface area contributed by atoms with Crippen LogP contribution in [0.5, 0.6) is 0 Å². The number of rotatable bonds is 4. The highest BCUT2D eigenvalue weighted by Crippen LogP contribution is 2.23. The summed E-state index contributed by atoms with van der Waals surface area (Å²) in [7, 11) is 0. The van der Waals surface area contributed by atoms with Gasteiger partial charge in [-0.05, 0) is 37.1 Å². The molecular formula is C15H20N2O2. The van der Waals surface area contributed by atoms with Crippen LogP contribution in [0.2, 0.25) is 0 Å². The van der Waals surface area contributed by atoms with Crippen LogP contribution in [0.4, 0.5) is 5.69 Å². The Morgan fingerprint density at radius 1 is 1.21 bits per heavy atom. The molecule has 0 spiro atoms. The van der Waals surface area contributed by atoms with Crippen molar-refractivity contribution in [3.8, 4) is 0 Å². The van der Waals surface area contributed by atoms with Crippen LogP contribution in [0, 0.1) is 5.92 Å². The van der Waals surface area contributed by atoms with Gasteiger partial charge in [-0.3, -0.25) is 9.59 Å². The smallest absolute Gasteiger partial charge is 0.220 e. The van der Waals surface area contributed by atoms with Crippen LogP contribution in [0.3, 0.4) is 0 Å². The molecule has 19 heavy (non-hydrogen) atoms. The van der Waals surface area contributed by atoms with E-state index in [0.29, 0.717) is 6.42 Å². The van der Waals surface area contributed by atoms with Crippen molar-refractivity contribution in [1.29, 1.82) is 0 Å². The number of nitrogens with two attached hydrogens (primary N) is 1. The van der Waals surface area contributed by atoms with Gasteiger partial charge in [0, 0.05) is 36.7 Å². The Kier molecular flexibility index (Phi) is 4.20. The summed E-state index contributed by atoms with van der Waals surface area (Å²) in [5.74, 6) is -0.0141. The van der Waals surface area contributed by atoms with Gasteiger partial charge in [-0.2, -0.15) is 0 Å². The summed E-state index contributed by atoms with van der Waals surface area (Å²) in [6.45, 7) is 3.55. The van der Waals surface area contributed by atoms with Gasteiger partial charge in [0.15, 0.2) is 5.78 Å². The average molecular weight is 260 g/mol. The minimum absolute atomic E-state index is 0.0113. The lowest BCUT2D eigenvalue weighted by Crippen LogP contribution is -2.38. The number of Topliss-reactive ketones (excluding diaryl/α,β-unsaturated/α-hetero) is 1. The summed E-state index contributed by atoms with van der Waals surface area (Å²) >= 11 is 0. The summed E-state index contributed by atoms with van der Waals surface area (Å²) in [5, 5.41) is 0. The first-order chi connectivity index (χ1) is 9.11. The number of nitrogens with zero attached hydrogens (tertiary/aromatic N) is 1. The summed E-state index contributed by atoms with van der Waals surface area (Å²) < 4.78 is 0. The number of primary amides is 1. The molecule has 1 heterocycles. The van der Waals surface area contributed by atoms with Crippen molar-refractivity contribution in [3.05, 3.63) is 29.8 Å². The van der Waals surface area contributed by atoms with E-state index in [-0.39, 0.29) is 17.6 Å². The van der Waals surface area contributed by atoms with Crippen molar-refractivity contribution in [2.45, 2.75) is 26.2 Å². The molecule has 1 aliphatic heterocycles. The summed E-state index contributed by atoms with van der Waals surface area (Å²) in [6.07, 6.45) is 2.15. The van der Waals surface area contributed by atoms with E-state index in [4.69, 9.17) is 5.73 Å². The number of amides is 1. The summed E-state index contributed by atoms with van der Waals surface area (Å²) in [6, 6.07) is 7.71. The lowest BCUT2D eigenvalue weighted by Gasteiger charge is -2.32. The van der Waals surface area contributed by atoms with Crippen molar-refractivity contribution in [1.82, 2.24) is 0 Å². The van der Waals surface area contributed by atoms with E-state index in [1.54, 1.807) is 0 Å². The standard InChI is InChI=1S/C15H20N2O2/c1-2-14(18)11-3-5-13(6-4-11)17-9-7-12(8-10-17)15(16)19/h3-6,12H,2,7-10H2,1H3,(H2,16,19). The third-order valence-corrected chi connectivity index (χ3v) is 3.77. The van der Waals surface area contributed by atoms with Crippen molar-refractivity contribution in [2.24, 2.45) is 11.7 Å². The molecule has 1 aromatic carbocycles. The average Bonchev–Trinajstić information content (AvgIpc) is 2.46. The van der Waals surface area contributed by atoms with Crippen LogP contribution in [0.15, 0.2) is 24.3 Å². The Morgan fingerprint density at radius 3 is 2.26 bits per heavy atom. The molecule has 0 unspecified atom stereocenters. The fraction of sp³-hybridized carbons (Fsp3) is 0.467. The molecule has 0 radical (unpaired) electrons. The second-order valence-corrected chi connectivity index (χ2v) is 4.99. The highest BCUT2D eigenvalue weighted by atomic mass is 16.1. The van der Waals surface area contributed by atoms with E-state index < -0.39 is 0 Å². The molecule has 0 aliphatic carbocycles. The number of piperidine rings is 1. The zero-order valence-corrected chi connectivity index (χ0v) is 11.3. The zero-order valence-electron chi connectivity index (χ0n) is 11.3. The topological polar surface area (TPSA) is 63.4 Å². The molecule has 4 nitrogen and oxygen atoms in total. The molecule has 2 rings (SSSR count). The molecule has 2 N–H and O–H groups in total. The molecule has 102 valence electrons. The second kappa shape index (κ2) is 5.87. The van der Waals surface area contributed by atoms with Gasteiger partial charge >= 0.3 is 0 Å². The van der Waals surface area contributed by atoms with Crippen LogP contribution in [0.1, 0.15) is 36.5 Å². The first-order valence-electron chi connectivity index (χ1n) is 6.79. The normalized spacial score (nSPS) is 16.4. The Balaban J connectivity index is 2.00. The highest BCUT2D eigenvalue weighted by Gasteiger charge is 2.23. The highest BCUT2D eigenvalue weighted by molar-refractivity contribution is 5.96. The molecular weight excluding hydrogens is 240 g/mol. The maximum atomic E-state index is 11.6. The molecule has 0 saturated carbocycles. The van der Waals surface area contributed by atoms with Crippen LogP contribution < -0.4 is 10.6 Å². The second-order valence-electron chi connectivity index (χ2n) is 4.99. The molecule has 1 amide bonds. The maximum absolute atomic E-state index is 11.6. The number of ketones is 1. The van der Waals surface area contributed by atoms with Crippen LogP contribution in [-0.2, 0) is 4.79 Å². The summed E-state index contributed by atoms with van der Waals surface area (Å²) in [5.41, 5.74) is 7.19. The van der Waals surface area contributed by atoms with Gasteiger partial charge < -0.3 is 10.6 Å². The summed E-state index contributed by atoms with van der Waals surface area (Å²) in [4.78, 5) is 24.9. The maximum Gasteiger partial charge on any atom is 0.220 e. The van der Waals surface area contributed by atoms with Gasteiger partial charge in [-0.15, -0.1) is 0 Å². The van der Waals surface area contributed by atoms with Gasteiger partial charge in [0.2, 0.25) is 5.91 Å². The molecule has 0 atom stereocenters. The van der Waals surface area contributed by atoms with E-state index >= 15 is 0 Å². The lowest BCUT2D eigenvalue weighted by molar-refractivity contribution is -0.122. The van der Waals surface area contributed by atoms with E-state index in [0.717, 1.165) is 37.2 Å². The van der Waals surface area contributed by atoms with Crippen molar-refractivity contribution >= 4 is 17.4 Å².